The van der Waals surface area contributed by atoms with E-state index in [4.69, 9.17) is 14.5 Å². The molecule has 146 valence electrons. The van der Waals surface area contributed by atoms with Crippen LogP contribution in [0, 0.1) is 5.92 Å². The summed E-state index contributed by atoms with van der Waals surface area (Å²) in [5, 5.41) is 0. The molecule has 3 atom stereocenters. The van der Waals surface area contributed by atoms with Gasteiger partial charge in [0.05, 0.1) is 17.7 Å². The molecule has 0 fully saturated rings. The van der Waals surface area contributed by atoms with Gasteiger partial charge in [-0.1, -0.05) is 59.9 Å². The summed E-state index contributed by atoms with van der Waals surface area (Å²) in [4.78, 5) is 31.4. The molecule has 3 unspecified atom stereocenters. The first-order chi connectivity index (χ1) is 14.0. The Morgan fingerprint density at radius 2 is 1.93 bits per heavy atom. The SMILES string of the molecule is COC(=O)C1C2c3ccccc3OC1(C)N=c1sc(=Cc3ccccc3)c(=O)n12. The van der Waals surface area contributed by atoms with Crippen LogP contribution >= 0.6 is 11.3 Å². The lowest BCUT2D eigenvalue weighted by Gasteiger charge is -2.44. The second-order valence-corrected chi connectivity index (χ2v) is 8.24. The van der Waals surface area contributed by atoms with Crippen LogP contribution in [-0.2, 0) is 9.53 Å². The number of aromatic nitrogens is 1. The number of benzene rings is 2. The third-order valence-electron chi connectivity index (χ3n) is 5.43. The smallest absolute Gasteiger partial charge is 0.317 e. The van der Waals surface area contributed by atoms with Crippen LogP contribution in [0.25, 0.3) is 6.08 Å². The van der Waals surface area contributed by atoms with Crippen LogP contribution in [0.15, 0.2) is 64.4 Å². The fourth-order valence-electron chi connectivity index (χ4n) is 4.13. The Hall–Kier alpha value is -3.19. The summed E-state index contributed by atoms with van der Waals surface area (Å²) in [6, 6.07) is 16.6. The van der Waals surface area contributed by atoms with E-state index in [0.717, 1.165) is 11.1 Å². The highest BCUT2D eigenvalue weighted by molar-refractivity contribution is 7.07. The summed E-state index contributed by atoms with van der Waals surface area (Å²) in [5.41, 5.74) is 0.394. The van der Waals surface area contributed by atoms with E-state index in [2.05, 4.69) is 0 Å². The van der Waals surface area contributed by atoms with Crippen molar-refractivity contribution in [1.29, 1.82) is 0 Å². The van der Waals surface area contributed by atoms with Crippen LogP contribution in [0.2, 0.25) is 0 Å². The second kappa shape index (κ2) is 6.42. The Morgan fingerprint density at radius 3 is 2.69 bits per heavy atom. The van der Waals surface area contributed by atoms with E-state index in [1.807, 2.05) is 60.7 Å². The largest absolute Gasteiger partial charge is 0.469 e. The van der Waals surface area contributed by atoms with Gasteiger partial charge in [0.25, 0.3) is 5.56 Å². The molecule has 0 aliphatic carbocycles. The minimum Gasteiger partial charge on any atom is -0.469 e. The van der Waals surface area contributed by atoms with E-state index in [-0.39, 0.29) is 5.56 Å². The number of nitrogens with zero attached hydrogens (tertiary/aromatic N) is 2. The topological polar surface area (TPSA) is 69.9 Å². The van der Waals surface area contributed by atoms with Crippen molar-refractivity contribution in [2.75, 3.05) is 7.11 Å². The number of rotatable bonds is 2. The predicted molar refractivity (Wildman–Crippen MR) is 108 cm³/mol. The zero-order valence-corrected chi connectivity index (χ0v) is 16.7. The fraction of sp³-hybridized carbons (Fsp3) is 0.227. The molecule has 0 amide bonds. The maximum atomic E-state index is 13.4. The van der Waals surface area contributed by atoms with Gasteiger partial charge in [0.2, 0.25) is 5.72 Å². The van der Waals surface area contributed by atoms with Crippen molar-refractivity contribution < 1.29 is 14.3 Å². The third-order valence-corrected chi connectivity index (χ3v) is 6.42. The standard InChI is InChI=1S/C22H18N2O4S/c1-22-17(20(26)27-2)18(14-10-6-7-11-15(14)28-22)24-19(25)16(29-21(24)23-22)12-13-8-4-3-5-9-13/h3-12,17-18H,1-2H3. The molecule has 0 radical (unpaired) electrons. The van der Waals surface area contributed by atoms with Gasteiger partial charge in [-0.3, -0.25) is 14.2 Å². The summed E-state index contributed by atoms with van der Waals surface area (Å²) in [5.74, 6) is -0.582. The highest BCUT2D eigenvalue weighted by atomic mass is 32.1. The fourth-order valence-corrected chi connectivity index (χ4v) is 5.23. The van der Waals surface area contributed by atoms with Crippen LogP contribution < -0.4 is 19.6 Å². The Labute approximate surface area is 170 Å². The molecule has 3 aromatic rings. The third kappa shape index (κ3) is 2.65. The molecule has 6 nitrogen and oxygen atoms in total. The Balaban J connectivity index is 1.81. The van der Waals surface area contributed by atoms with Crippen LogP contribution in [0.5, 0.6) is 5.75 Å². The minimum absolute atomic E-state index is 0.171. The van der Waals surface area contributed by atoms with E-state index in [1.54, 1.807) is 11.5 Å². The van der Waals surface area contributed by atoms with Gasteiger partial charge in [0.1, 0.15) is 11.7 Å². The number of carbonyl (C=O) groups excluding carboxylic acids is 1. The zero-order chi connectivity index (χ0) is 20.2. The minimum atomic E-state index is -1.15. The van der Waals surface area contributed by atoms with Crippen molar-refractivity contribution in [1.82, 2.24) is 4.57 Å². The lowest BCUT2D eigenvalue weighted by Crippen LogP contribution is -2.58. The summed E-state index contributed by atoms with van der Waals surface area (Å²) in [6.07, 6.45) is 1.85. The Kier molecular flexibility index (Phi) is 3.96. The molecule has 2 aromatic carbocycles. The molecule has 0 N–H and O–H groups in total. The van der Waals surface area contributed by atoms with Crippen LogP contribution in [0.1, 0.15) is 24.1 Å². The number of carbonyl (C=O) groups is 1. The summed E-state index contributed by atoms with van der Waals surface area (Å²) in [6.45, 7) is 1.77. The van der Waals surface area contributed by atoms with E-state index in [1.165, 1.54) is 18.4 Å². The van der Waals surface area contributed by atoms with Crippen LogP contribution in [-0.4, -0.2) is 23.4 Å². The van der Waals surface area contributed by atoms with E-state index < -0.39 is 23.7 Å². The van der Waals surface area contributed by atoms with E-state index in [9.17, 15) is 9.59 Å². The van der Waals surface area contributed by atoms with Gasteiger partial charge >= 0.3 is 5.97 Å². The van der Waals surface area contributed by atoms with Gasteiger partial charge in [0.15, 0.2) is 4.80 Å². The van der Waals surface area contributed by atoms with Crippen molar-refractivity contribution in [3.8, 4) is 5.75 Å². The number of ether oxygens (including phenoxy) is 2. The summed E-state index contributed by atoms with van der Waals surface area (Å²) >= 11 is 1.30. The predicted octanol–water partition coefficient (Wildman–Crippen LogP) is 1.86. The maximum absolute atomic E-state index is 13.4. The number of thiazole rings is 1. The number of methoxy groups -OCH3 is 1. The molecule has 2 aliphatic heterocycles. The molecular weight excluding hydrogens is 388 g/mol. The molecule has 0 spiro atoms. The first kappa shape index (κ1) is 17.9. The molecule has 3 heterocycles. The highest BCUT2D eigenvalue weighted by Gasteiger charge is 2.55. The zero-order valence-electron chi connectivity index (χ0n) is 15.9. The van der Waals surface area contributed by atoms with Crippen molar-refractivity contribution >= 4 is 23.4 Å². The molecule has 7 heteroatoms. The normalized spacial score (nSPS) is 24.7. The maximum Gasteiger partial charge on any atom is 0.317 e. The first-order valence-electron chi connectivity index (χ1n) is 9.25. The quantitative estimate of drug-likeness (QED) is 0.609. The second-order valence-electron chi connectivity index (χ2n) is 7.23. The number of esters is 1. The average Bonchev–Trinajstić information content (AvgIpc) is 3.01. The van der Waals surface area contributed by atoms with E-state index >= 15 is 0 Å². The van der Waals surface area contributed by atoms with E-state index in [0.29, 0.717) is 15.1 Å². The molecule has 2 aliphatic rings. The van der Waals surface area contributed by atoms with Crippen LogP contribution in [0.4, 0.5) is 0 Å². The number of para-hydroxylation sites is 1. The number of hydrogen-bond acceptors (Lipinski definition) is 6. The van der Waals surface area contributed by atoms with Crippen LogP contribution in [0.3, 0.4) is 0 Å². The summed E-state index contributed by atoms with van der Waals surface area (Å²) < 4.78 is 13.4. The van der Waals surface area contributed by atoms with Gasteiger partial charge < -0.3 is 9.47 Å². The van der Waals surface area contributed by atoms with Gasteiger partial charge in [-0.25, -0.2) is 4.99 Å². The molecule has 1 aromatic heterocycles. The van der Waals surface area contributed by atoms with Crippen molar-refractivity contribution in [2.24, 2.45) is 10.9 Å². The van der Waals surface area contributed by atoms with Gasteiger partial charge in [-0.15, -0.1) is 0 Å². The molecule has 0 saturated carbocycles. The lowest BCUT2D eigenvalue weighted by atomic mass is 9.81. The molecule has 5 rings (SSSR count). The Morgan fingerprint density at radius 1 is 1.21 bits per heavy atom. The van der Waals surface area contributed by atoms with Gasteiger partial charge in [0, 0.05) is 5.56 Å². The summed E-state index contributed by atoms with van der Waals surface area (Å²) in [7, 11) is 1.34. The Bertz CT molecular complexity index is 1290. The first-order valence-corrected chi connectivity index (χ1v) is 10.1. The lowest BCUT2D eigenvalue weighted by molar-refractivity contribution is -0.158. The molecule has 2 bridgehead atoms. The number of fused-ring (bicyclic) bond motifs is 6. The molecule has 29 heavy (non-hydrogen) atoms. The molecule has 0 saturated heterocycles. The number of hydrogen-bond donors (Lipinski definition) is 0. The average molecular weight is 406 g/mol. The molecular formula is C22H18N2O4S. The van der Waals surface area contributed by atoms with Gasteiger partial charge in [-0.2, -0.15) is 0 Å². The monoisotopic (exact) mass is 406 g/mol. The van der Waals surface area contributed by atoms with Crippen molar-refractivity contribution in [3.63, 3.8) is 0 Å². The highest BCUT2D eigenvalue weighted by Crippen LogP contribution is 2.47. The van der Waals surface area contributed by atoms with Crippen molar-refractivity contribution in [3.05, 3.63) is 85.4 Å². The van der Waals surface area contributed by atoms with Crippen molar-refractivity contribution in [2.45, 2.75) is 18.7 Å². The van der Waals surface area contributed by atoms with Gasteiger partial charge in [-0.05, 0) is 24.6 Å².